The van der Waals surface area contributed by atoms with Crippen molar-refractivity contribution < 1.29 is 13.9 Å². The predicted molar refractivity (Wildman–Crippen MR) is 97.2 cm³/mol. The number of hydrogen-bond donors (Lipinski definition) is 0. The van der Waals surface area contributed by atoms with Crippen molar-refractivity contribution in [1.29, 1.82) is 0 Å². The van der Waals surface area contributed by atoms with Gasteiger partial charge in [0, 0.05) is 23.7 Å². The molecule has 0 saturated carbocycles. The predicted octanol–water partition coefficient (Wildman–Crippen LogP) is 3.76. The standard InChI is InChI=1S/C20H15FN4O2/c21-15-5-2-13(3-6-15)16-8-9-22-20-23-19(24-25(16)20)14-4-7-17-18(12-14)27-11-1-10-26-17/h2-9,12H,1,10-11H2. The van der Waals surface area contributed by atoms with Crippen LogP contribution in [0.1, 0.15) is 6.42 Å². The van der Waals surface area contributed by atoms with E-state index in [0.717, 1.165) is 29.0 Å². The highest BCUT2D eigenvalue weighted by Crippen LogP contribution is 2.33. The molecule has 1 aliphatic heterocycles. The Morgan fingerprint density at radius 3 is 2.52 bits per heavy atom. The van der Waals surface area contributed by atoms with Gasteiger partial charge in [-0.15, -0.1) is 5.10 Å². The second kappa shape index (κ2) is 6.35. The van der Waals surface area contributed by atoms with E-state index in [1.54, 1.807) is 22.8 Å². The van der Waals surface area contributed by atoms with Crippen LogP contribution in [0.5, 0.6) is 11.5 Å². The zero-order chi connectivity index (χ0) is 18.2. The lowest BCUT2D eigenvalue weighted by molar-refractivity contribution is 0.297. The molecular formula is C20H15FN4O2. The minimum atomic E-state index is -0.282. The Balaban J connectivity index is 1.60. The summed E-state index contributed by atoms with van der Waals surface area (Å²) in [6, 6.07) is 13.7. The maximum atomic E-state index is 13.2. The number of halogens is 1. The number of hydrogen-bond acceptors (Lipinski definition) is 5. The maximum Gasteiger partial charge on any atom is 0.253 e. The first-order valence-electron chi connectivity index (χ1n) is 8.66. The normalized spacial score (nSPS) is 13.5. The van der Waals surface area contributed by atoms with Crippen LogP contribution in [0.25, 0.3) is 28.4 Å². The van der Waals surface area contributed by atoms with E-state index in [4.69, 9.17) is 9.47 Å². The van der Waals surface area contributed by atoms with E-state index < -0.39 is 0 Å². The molecule has 1 aliphatic rings. The Morgan fingerprint density at radius 2 is 1.67 bits per heavy atom. The smallest absolute Gasteiger partial charge is 0.253 e. The molecule has 134 valence electrons. The average molecular weight is 362 g/mol. The van der Waals surface area contributed by atoms with E-state index in [9.17, 15) is 4.39 Å². The third-order valence-electron chi connectivity index (χ3n) is 4.39. The summed E-state index contributed by atoms with van der Waals surface area (Å²) in [4.78, 5) is 8.82. The summed E-state index contributed by atoms with van der Waals surface area (Å²) in [5, 5.41) is 4.61. The zero-order valence-electron chi connectivity index (χ0n) is 14.3. The van der Waals surface area contributed by atoms with Gasteiger partial charge >= 0.3 is 0 Å². The van der Waals surface area contributed by atoms with Gasteiger partial charge in [0.05, 0.1) is 18.9 Å². The van der Waals surface area contributed by atoms with Gasteiger partial charge in [-0.1, -0.05) is 0 Å². The second-order valence-corrected chi connectivity index (χ2v) is 6.20. The van der Waals surface area contributed by atoms with Gasteiger partial charge in [0.15, 0.2) is 17.3 Å². The molecular weight excluding hydrogens is 347 g/mol. The Labute approximate surface area is 154 Å². The largest absolute Gasteiger partial charge is 0.490 e. The molecule has 3 heterocycles. The summed E-state index contributed by atoms with van der Waals surface area (Å²) < 4.78 is 26.3. The van der Waals surface area contributed by atoms with Gasteiger partial charge in [0.1, 0.15) is 5.82 Å². The van der Waals surface area contributed by atoms with Gasteiger partial charge in [-0.25, -0.2) is 9.37 Å². The number of aromatic nitrogens is 4. The van der Waals surface area contributed by atoms with Gasteiger partial charge in [0.2, 0.25) is 0 Å². The Bertz CT molecular complexity index is 1120. The quantitative estimate of drug-likeness (QED) is 0.543. The zero-order valence-corrected chi connectivity index (χ0v) is 14.3. The number of nitrogens with zero attached hydrogens (tertiary/aromatic N) is 4. The highest BCUT2D eigenvalue weighted by molar-refractivity contribution is 5.65. The van der Waals surface area contributed by atoms with E-state index in [1.165, 1.54) is 12.1 Å². The number of benzene rings is 2. The molecule has 2 aromatic heterocycles. The lowest BCUT2D eigenvalue weighted by Gasteiger charge is -2.07. The third-order valence-corrected chi connectivity index (χ3v) is 4.39. The molecule has 4 aromatic rings. The van der Waals surface area contributed by atoms with Crippen LogP contribution in [-0.4, -0.2) is 32.8 Å². The van der Waals surface area contributed by atoms with Crippen molar-refractivity contribution in [2.24, 2.45) is 0 Å². The van der Waals surface area contributed by atoms with Crippen molar-refractivity contribution in [3.05, 3.63) is 60.5 Å². The summed E-state index contributed by atoms with van der Waals surface area (Å²) in [5.41, 5.74) is 2.43. The highest BCUT2D eigenvalue weighted by Gasteiger charge is 2.15. The van der Waals surface area contributed by atoms with Crippen molar-refractivity contribution >= 4 is 5.78 Å². The van der Waals surface area contributed by atoms with Crippen molar-refractivity contribution in [3.63, 3.8) is 0 Å². The fraction of sp³-hybridized carbons (Fsp3) is 0.150. The van der Waals surface area contributed by atoms with Crippen LogP contribution in [0.3, 0.4) is 0 Å². The van der Waals surface area contributed by atoms with Gasteiger partial charge < -0.3 is 9.47 Å². The van der Waals surface area contributed by atoms with Crippen LogP contribution in [0.4, 0.5) is 4.39 Å². The first-order chi connectivity index (χ1) is 13.3. The molecule has 0 fully saturated rings. The minimum absolute atomic E-state index is 0.282. The third kappa shape index (κ3) is 2.87. The lowest BCUT2D eigenvalue weighted by Crippen LogP contribution is -1.97. The molecule has 0 amide bonds. The fourth-order valence-electron chi connectivity index (χ4n) is 3.06. The van der Waals surface area contributed by atoms with Crippen LogP contribution in [-0.2, 0) is 0 Å². The first-order valence-corrected chi connectivity index (χ1v) is 8.66. The molecule has 7 heteroatoms. The molecule has 0 spiro atoms. The van der Waals surface area contributed by atoms with Crippen molar-refractivity contribution in [3.8, 4) is 34.1 Å². The Kier molecular flexibility index (Phi) is 3.71. The van der Waals surface area contributed by atoms with Crippen molar-refractivity contribution in [1.82, 2.24) is 19.6 Å². The summed E-state index contributed by atoms with van der Waals surface area (Å²) in [7, 11) is 0. The molecule has 0 radical (unpaired) electrons. The molecule has 2 aromatic carbocycles. The molecule has 0 saturated heterocycles. The van der Waals surface area contributed by atoms with Crippen molar-refractivity contribution in [2.45, 2.75) is 6.42 Å². The van der Waals surface area contributed by atoms with Gasteiger partial charge in [0.25, 0.3) is 5.78 Å². The molecule has 27 heavy (non-hydrogen) atoms. The molecule has 0 aliphatic carbocycles. The summed E-state index contributed by atoms with van der Waals surface area (Å²) in [6.45, 7) is 1.26. The highest BCUT2D eigenvalue weighted by atomic mass is 19.1. The molecule has 0 bridgehead atoms. The van der Waals surface area contributed by atoms with Gasteiger partial charge in [-0.3, -0.25) is 0 Å². The first kappa shape index (κ1) is 15.7. The van der Waals surface area contributed by atoms with Crippen LogP contribution in [0.2, 0.25) is 0 Å². The number of fused-ring (bicyclic) bond motifs is 2. The second-order valence-electron chi connectivity index (χ2n) is 6.20. The van der Waals surface area contributed by atoms with E-state index >= 15 is 0 Å². The Hall–Kier alpha value is -3.48. The molecule has 0 atom stereocenters. The topological polar surface area (TPSA) is 61.5 Å². The number of rotatable bonds is 2. The van der Waals surface area contributed by atoms with E-state index in [1.807, 2.05) is 24.3 Å². The fourth-order valence-corrected chi connectivity index (χ4v) is 3.06. The maximum absolute atomic E-state index is 13.2. The van der Waals surface area contributed by atoms with Crippen LogP contribution < -0.4 is 9.47 Å². The van der Waals surface area contributed by atoms with E-state index in [2.05, 4.69) is 15.1 Å². The number of ether oxygens (including phenoxy) is 2. The summed E-state index contributed by atoms with van der Waals surface area (Å²) in [5.74, 6) is 2.14. The van der Waals surface area contributed by atoms with Crippen LogP contribution in [0.15, 0.2) is 54.7 Å². The van der Waals surface area contributed by atoms with Crippen LogP contribution in [0, 0.1) is 5.82 Å². The molecule has 0 N–H and O–H groups in total. The SMILES string of the molecule is Fc1ccc(-c2ccnc3nc(-c4ccc5c(c4)OCCCO5)nn23)cc1. The average Bonchev–Trinajstić information content (AvgIpc) is 3.00. The van der Waals surface area contributed by atoms with E-state index in [-0.39, 0.29) is 5.82 Å². The lowest BCUT2D eigenvalue weighted by atomic mass is 10.1. The molecule has 0 unspecified atom stereocenters. The summed E-state index contributed by atoms with van der Waals surface area (Å²) >= 11 is 0. The monoisotopic (exact) mass is 362 g/mol. The molecule has 6 nitrogen and oxygen atoms in total. The summed E-state index contributed by atoms with van der Waals surface area (Å²) in [6.07, 6.45) is 2.52. The van der Waals surface area contributed by atoms with Gasteiger partial charge in [-0.2, -0.15) is 9.50 Å². The Morgan fingerprint density at radius 1 is 0.889 bits per heavy atom. The van der Waals surface area contributed by atoms with Crippen molar-refractivity contribution in [2.75, 3.05) is 13.2 Å². The van der Waals surface area contributed by atoms with Crippen LogP contribution >= 0.6 is 0 Å². The minimum Gasteiger partial charge on any atom is -0.490 e. The van der Waals surface area contributed by atoms with Gasteiger partial charge in [-0.05, 0) is 48.5 Å². The van der Waals surface area contributed by atoms with E-state index in [0.29, 0.717) is 30.6 Å². The molecule has 5 rings (SSSR count).